The first kappa shape index (κ1) is 16.0. The van der Waals surface area contributed by atoms with E-state index in [0.29, 0.717) is 5.41 Å². The lowest BCUT2D eigenvalue weighted by atomic mass is 9.74. The van der Waals surface area contributed by atoms with E-state index in [4.69, 9.17) is 0 Å². The summed E-state index contributed by atoms with van der Waals surface area (Å²) in [6.45, 7) is 13.0. The highest BCUT2D eigenvalue weighted by Crippen LogP contribution is 2.36. The second-order valence-corrected chi connectivity index (χ2v) is 8.54. The highest BCUT2D eigenvalue weighted by atomic mass is 15.1. The third-order valence-electron chi connectivity index (χ3n) is 5.53. The van der Waals surface area contributed by atoms with Crippen molar-refractivity contribution in [2.24, 2.45) is 5.41 Å². The van der Waals surface area contributed by atoms with Gasteiger partial charge in [0, 0.05) is 19.6 Å². The second-order valence-electron chi connectivity index (χ2n) is 8.54. The molecule has 0 bridgehead atoms. The average molecular weight is 300 g/mol. The fourth-order valence-corrected chi connectivity index (χ4v) is 4.19. The minimum Gasteiger partial charge on any atom is -0.316 e. The predicted octanol–water partition coefficient (Wildman–Crippen LogP) is 3.95. The quantitative estimate of drug-likeness (QED) is 0.889. The molecule has 0 saturated carbocycles. The Labute approximate surface area is 136 Å². The lowest BCUT2D eigenvalue weighted by Crippen LogP contribution is -2.50. The standard InChI is InChI=1S/C20H32N2/c1-19(2,3)18-8-6-17(7-9-18)14-22-13-5-11-20(16-22)10-4-12-21-15-20/h6-9,21H,4-5,10-16H2,1-3H3. The van der Waals surface area contributed by atoms with Crippen molar-refractivity contribution >= 4 is 0 Å². The van der Waals surface area contributed by atoms with Crippen LogP contribution in [0.1, 0.15) is 57.6 Å². The fraction of sp³-hybridized carbons (Fsp3) is 0.700. The molecule has 1 atom stereocenters. The number of hydrogen-bond acceptors (Lipinski definition) is 2. The Morgan fingerprint density at radius 1 is 1.09 bits per heavy atom. The molecule has 122 valence electrons. The van der Waals surface area contributed by atoms with Gasteiger partial charge in [-0.05, 0) is 60.7 Å². The van der Waals surface area contributed by atoms with Crippen LogP contribution in [0.4, 0.5) is 0 Å². The summed E-state index contributed by atoms with van der Waals surface area (Å²) in [6, 6.07) is 9.30. The highest BCUT2D eigenvalue weighted by Gasteiger charge is 2.36. The molecule has 2 nitrogen and oxygen atoms in total. The number of nitrogens with one attached hydrogen (secondary N) is 1. The largest absolute Gasteiger partial charge is 0.316 e. The Balaban J connectivity index is 1.63. The van der Waals surface area contributed by atoms with Crippen molar-refractivity contribution in [3.05, 3.63) is 35.4 Å². The molecular weight excluding hydrogens is 268 g/mol. The van der Waals surface area contributed by atoms with Crippen molar-refractivity contribution in [1.29, 1.82) is 0 Å². The lowest BCUT2D eigenvalue weighted by Gasteiger charge is -2.45. The molecule has 0 amide bonds. The van der Waals surface area contributed by atoms with Crippen molar-refractivity contribution in [2.45, 2.75) is 58.4 Å². The molecular formula is C20H32N2. The minimum absolute atomic E-state index is 0.251. The molecule has 0 radical (unpaired) electrons. The van der Waals surface area contributed by atoms with Gasteiger partial charge in [0.1, 0.15) is 0 Å². The number of hydrogen-bond donors (Lipinski definition) is 1. The molecule has 22 heavy (non-hydrogen) atoms. The van der Waals surface area contributed by atoms with Gasteiger partial charge in [0.2, 0.25) is 0 Å². The van der Waals surface area contributed by atoms with Crippen LogP contribution in [0, 0.1) is 5.41 Å². The number of nitrogens with zero attached hydrogens (tertiary/aromatic N) is 1. The molecule has 2 heterocycles. The van der Waals surface area contributed by atoms with E-state index in [-0.39, 0.29) is 5.41 Å². The minimum atomic E-state index is 0.251. The van der Waals surface area contributed by atoms with Crippen molar-refractivity contribution in [3.8, 4) is 0 Å². The third kappa shape index (κ3) is 3.72. The van der Waals surface area contributed by atoms with Gasteiger partial charge in [0.15, 0.2) is 0 Å². The molecule has 1 aromatic carbocycles. The zero-order valence-corrected chi connectivity index (χ0v) is 14.6. The second kappa shape index (κ2) is 6.33. The molecule has 1 N–H and O–H groups in total. The molecule has 0 aliphatic carbocycles. The maximum Gasteiger partial charge on any atom is 0.0233 e. The topological polar surface area (TPSA) is 15.3 Å². The van der Waals surface area contributed by atoms with Gasteiger partial charge in [-0.1, -0.05) is 45.0 Å². The first-order valence-corrected chi connectivity index (χ1v) is 8.99. The number of benzene rings is 1. The van der Waals surface area contributed by atoms with E-state index in [1.165, 1.54) is 63.0 Å². The van der Waals surface area contributed by atoms with Crippen LogP contribution in [0.15, 0.2) is 24.3 Å². The van der Waals surface area contributed by atoms with Gasteiger partial charge in [-0.15, -0.1) is 0 Å². The van der Waals surface area contributed by atoms with Crippen LogP contribution < -0.4 is 5.32 Å². The van der Waals surface area contributed by atoms with Gasteiger partial charge in [-0.3, -0.25) is 4.90 Å². The summed E-state index contributed by atoms with van der Waals surface area (Å²) in [5, 5.41) is 3.63. The summed E-state index contributed by atoms with van der Waals surface area (Å²) in [5.41, 5.74) is 3.71. The number of rotatable bonds is 2. The Kier molecular flexibility index (Phi) is 4.61. The van der Waals surface area contributed by atoms with Crippen LogP contribution >= 0.6 is 0 Å². The average Bonchev–Trinajstić information content (AvgIpc) is 2.48. The van der Waals surface area contributed by atoms with E-state index in [0.717, 1.165) is 6.54 Å². The zero-order valence-electron chi connectivity index (χ0n) is 14.6. The van der Waals surface area contributed by atoms with E-state index >= 15 is 0 Å². The van der Waals surface area contributed by atoms with Gasteiger partial charge in [-0.2, -0.15) is 0 Å². The molecule has 2 heteroatoms. The predicted molar refractivity (Wildman–Crippen MR) is 94.2 cm³/mol. The van der Waals surface area contributed by atoms with Gasteiger partial charge in [0.25, 0.3) is 0 Å². The number of piperidine rings is 2. The van der Waals surface area contributed by atoms with Crippen LogP contribution in [-0.4, -0.2) is 31.1 Å². The molecule has 2 saturated heterocycles. The van der Waals surface area contributed by atoms with Crippen molar-refractivity contribution < 1.29 is 0 Å². The highest BCUT2D eigenvalue weighted by molar-refractivity contribution is 5.27. The Bertz CT molecular complexity index is 472. The van der Waals surface area contributed by atoms with Gasteiger partial charge >= 0.3 is 0 Å². The Morgan fingerprint density at radius 3 is 2.45 bits per heavy atom. The van der Waals surface area contributed by atoms with E-state index in [9.17, 15) is 0 Å². The molecule has 0 aromatic heterocycles. The van der Waals surface area contributed by atoms with Crippen LogP contribution in [0.2, 0.25) is 0 Å². The van der Waals surface area contributed by atoms with Crippen LogP contribution in [0.3, 0.4) is 0 Å². The van der Waals surface area contributed by atoms with E-state index in [1.807, 2.05) is 0 Å². The number of likely N-dealkylation sites (tertiary alicyclic amines) is 1. The normalized spacial score (nSPS) is 27.2. The fourth-order valence-electron chi connectivity index (χ4n) is 4.19. The summed E-state index contributed by atoms with van der Waals surface area (Å²) in [5.74, 6) is 0. The smallest absolute Gasteiger partial charge is 0.0233 e. The zero-order chi connectivity index (χ0) is 15.6. The van der Waals surface area contributed by atoms with Crippen LogP contribution in [0.25, 0.3) is 0 Å². The Hall–Kier alpha value is -0.860. The first-order valence-electron chi connectivity index (χ1n) is 8.99. The molecule has 1 unspecified atom stereocenters. The monoisotopic (exact) mass is 300 g/mol. The molecule has 1 spiro atoms. The lowest BCUT2D eigenvalue weighted by molar-refractivity contribution is 0.0601. The SMILES string of the molecule is CC(C)(C)c1ccc(CN2CCCC3(CCCNC3)C2)cc1. The summed E-state index contributed by atoms with van der Waals surface area (Å²) in [7, 11) is 0. The third-order valence-corrected chi connectivity index (χ3v) is 5.53. The van der Waals surface area contributed by atoms with Crippen molar-refractivity contribution in [3.63, 3.8) is 0 Å². The maximum atomic E-state index is 3.63. The molecule has 3 rings (SSSR count). The van der Waals surface area contributed by atoms with E-state index < -0.39 is 0 Å². The molecule has 2 fully saturated rings. The summed E-state index contributed by atoms with van der Waals surface area (Å²) in [4.78, 5) is 2.68. The summed E-state index contributed by atoms with van der Waals surface area (Å²) in [6.07, 6.45) is 5.55. The van der Waals surface area contributed by atoms with Gasteiger partial charge in [0.05, 0.1) is 0 Å². The van der Waals surface area contributed by atoms with E-state index in [2.05, 4.69) is 55.3 Å². The Morgan fingerprint density at radius 2 is 1.82 bits per heavy atom. The molecule has 1 aromatic rings. The summed E-state index contributed by atoms with van der Waals surface area (Å²) >= 11 is 0. The maximum absolute atomic E-state index is 3.63. The first-order chi connectivity index (χ1) is 10.5. The molecule has 2 aliphatic heterocycles. The van der Waals surface area contributed by atoms with Crippen LogP contribution in [-0.2, 0) is 12.0 Å². The molecule has 2 aliphatic rings. The van der Waals surface area contributed by atoms with Crippen molar-refractivity contribution in [2.75, 3.05) is 26.2 Å². The van der Waals surface area contributed by atoms with Crippen LogP contribution in [0.5, 0.6) is 0 Å². The van der Waals surface area contributed by atoms with Gasteiger partial charge < -0.3 is 5.32 Å². The van der Waals surface area contributed by atoms with E-state index in [1.54, 1.807) is 0 Å². The van der Waals surface area contributed by atoms with Gasteiger partial charge in [-0.25, -0.2) is 0 Å². The summed E-state index contributed by atoms with van der Waals surface area (Å²) < 4.78 is 0. The van der Waals surface area contributed by atoms with Crippen molar-refractivity contribution in [1.82, 2.24) is 10.2 Å².